The SMILES string of the molecule is O=CC1CC(=O)NN1. The molecule has 0 bridgehead atoms. The summed E-state index contributed by atoms with van der Waals surface area (Å²) in [6.45, 7) is 0. The highest BCUT2D eigenvalue weighted by atomic mass is 16.2. The van der Waals surface area contributed by atoms with Crippen LogP contribution in [0.2, 0.25) is 0 Å². The fraction of sp³-hybridized carbons (Fsp3) is 0.500. The molecular formula is C4H6N2O2. The second kappa shape index (κ2) is 1.92. The lowest BCUT2D eigenvalue weighted by atomic mass is 10.3. The van der Waals surface area contributed by atoms with Gasteiger partial charge in [-0.25, -0.2) is 5.43 Å². The molecular weight excluding hydrogens is 108 g/mol. The predicted molar refractivity (Wildman–Crippen MR) is 25.7 cm³/mol. The number of nitrogens with one attached hydrogen (secondary N) is 2. The summed E-state index contributed by atoms with van der Waals surface area (Å²) in [5.41, 5.74) is 4.79. The van der Waals surface area contributed by atoms with Crippen molar-refractivity contribution in [1.29, 1.82) is 0 Å². The molecule has 0 aromatic heterocycles. The number of carbonyl (C=O) groups excluding carboxylic acids is 2. The van der Waals surface area contributed by atoms with Gasteiger partial charge in [0.15, 0.2) is 0 Å². The minimum absolute atomic E-state index is 0.123. The van der Waals surface area contributed by atoms with E-state index < -0.39 is 0 Å². The van der Waals surface area contributed by atoms with Gasteiger partial charge in [-0.2, -0.15) is 0 Å². The van der Waals surface area contributed by atoms with Crippen molar-refractivity contribution in [2.24, 2.45) is 0 Å². The molecule has 1 saturated heterocycles. The van der Waals surface area contributed by atoms with Crippen LogP contribution in [0.5, 0.6) is 0 Å². The summed E-state index contributed by atoms with van der Waals surface area (Å²) in [6.07, 6.45) is 0.974. The van der Waals surface area contributed by atoms with Gasteiger partial charge < -0.3 is 4.79 Å². The zero-order chi connectivity index (χ0) is 5.98. The number of hydrogen-bond acceptors (Lipinski definition) is 3. The van der Waals surface area contributed by atoms with Gasteiger partial charge in [-0.05, 0) is 0 Å². The maximum absolute atomic E-state index is 10.3. The van der Waals surface area contributed by atoms with Crippen LogP contribution in [0.1, 0.15) is 6.42 Å². The first-order chi connectivity index (χ1) is 3.83. The minimum Gasteiger partial charge on any atom is -0.302 e. The molecule has 0 spiro atoms. The van der Waals surface area contributed by atoms with E-state index in [9.17, 15) is 9.59 Å². The first-order valence-corrected chi connectivity index (χ1v) is 2.32. The summed E-state index contributed by atoms with van der Waals surface area (Å²) in [7, 11) is 0. The van der Waals surface area contributed by atoms with Crippen molar-refractivity contribution >= 4 is 12.2 Å². The zero-order valence-electron chi connectivity index (χ0n) is 4.18. The van der Waals surface area contributed by atoms with E-state index in [0.717, 1.165) is 0 Å². The fourth-order valence-corrected chi connectivity index (χ4v) is 0.557. The van der Waals surface area contributed by atoms with Gasteiger partial charge in [0.25, 0.3) is 0 Å². The number of hydrazine groups is 1. The Morgan fingerprint density at radius 3 is 2.75 bits per heavy atom. The molecule has 4 heteroatoms. The molecule has 1 unspecified atom stereocenters. The van der Waals surface area contributed by atoms with Crippen LogP contribution in [0.25, 0.3) is 0 Å². The minimum atomic E-state index is -0.317. The Hall–Kier alpha value is -0.900. The van der Waals surface area contributed by atoms with Gasteiger partial charge in [0.1, 0.15) is 6.29 Å². The molecule has 0 saturated carbocycles. The summed E-state index contributed by atoms with van der Waals surface area (Å²) in [6, 6.07) is -0.317. The summed E-state index contributed by atoms with van der Waals surface area (Å²) < 4.78 is 0. The van der Waals surface area contributed by atoms with E-state index in [2.05, 4.69) is 10.9 Å². The summed E-state index contributed by atoms with van der Waals surface area (Å²) in [4.78, 5) is 20.2. The fourth-order valence-electron chi connectivity index (χ4n) is 0.557. The van der Waals surface area contributed by atoms with E-state index >= 15 is 0 Å². The van der Waals surface area contributed by atoms with Crippen LogP contribution in [0.15, 0.2) is 0 Å². The first kappa shape index (κ1) is 5.24. The van der Waals surface area contributed by atoms with Gasteiger partial charge in [-0.1, -0.05) is 0 Å². The summed E-state index contributed by atoms with van der Waals surface area (Å²) in [5, 5.41) is 0. The Morgan fingerprint density at radius 2 is 2.50 bits per heavy atom. The van der Waals surface area contributed by atoms with E-state index in [0.29, 0.717) is 6.29 Å². The Balaban J connectivity index is 2.43. The molecule has 4 nitrogen and oxygen atoms in total. The zero-order valence-corrected chi connectivity index (χ0v) is 4.18. The maximum Gasteiger partial charge on any atom is 0.236 e. The van der Waals surface area contributed by atoms with Gasteiger partial charge >= 0.3 is 0 Å². The predicted octanol–water partition coefficient (Wildman–Crippen LogP) is -1.42. The molecule has 8 heavy (non-hydrogen) atoms. The number of carbonyl (C=O) groups is 2. The van der Waals surface area contributed by atoms with Crippen LogP contribution in [-0.2, 0) is 9.59 Å². The number of amides is 1. The molecule has 1 atom stereocenters. The van der Waals surface area contributed by atoms with E-state index in [-0.39, 0.29) is 18.4 Å². The van der Waals surface area contributed by atoms with Crippen molar-refractivity contribution in [2.75, 3.05) is 0 Å². The van der Waals surface area contributed by atoms with E-state index in [4.69, 9.17) is 0 Å². The van der Waals surface area contributed by atoms with Gasteiger partial charge in [-0.3, -0.25) is 10.2 Å². The Morgan fingerprint density at radius 1 is 1.75 bits per heavy atom. The number of aldehydes is 1. The highest BCUT2D eigenvalue weighted by Crippen LogP contribution is 1.91. The van der Waals surface area contributed by atoms with Crippen molar-refractivity contribution in [3.05, 3.63) is 0 Å². The quantitative estimate of drug-likeness (QED) is 0.411. The molecule has 1 fully saturated rings. The first-order valence-electron chi connectivity index (χ1n) is 2.32. The number of rotatable bonds is 1. The van der Waals surface area contributed by atoms with Gasteiger partial charge in [0, 0.05) is 0 Å². The molecule has 0 aromatic rings. The van der Waals surface area contributed by atoms with E-state index in [1.165, 1.54) is 0 Å². The van der Waals surface area contributed by atoms with Crippen molar-refractivity contribution < 1.29 is 9.59 Å². The maximum atomic E-state index is 10.3. The van der Waals surface area contributed by atoms with Crippen LogP contribution in [-0.4, -0.2) is 18.2 Å². The molecule has 0 aliphatic carbocycles. The van der Waals surface area contributed by atoms with Crippen LogP contribution >= 0.6 is 0 Å². The smallest absolute Gasteiger partial charge is 0.236 e. The standard InChI is InChI=1S/C4H6N2O2/c7-2-3-1-4(8)6-5-3/h2-3,5H,1H2,(H,6,8). The van der Waals surface area contributed by atoms with Crippen LogP contribution in [0, 0.1) is 0 Å². The van der Waals surface area contributed by atoms with Gasteiger partial charge in [-0.15, -0.1) is 0 Å². The van der Waals surface area contributed by atoms with Crippen molar-refractivity contribution in [1.82, 2.24) is 10.9 Å². The molecule has 1 aliphatic rings. The van der Waals surface area contributed by atoms with Crippen LogP contribution in [0.4, 0.5) is 0 Å². The lowest BCUT2D eigenvalue weighted by Crippen LogP contribution is -2.31. The molecule has 1 amide bonds. The Bertz CT molecular complexity index is 123. The second-order valence-electron chi connectivity index (χ2n) is 1.64. The van der Waals surface area contributed by atoms with Crippen molar-refractivity contribution in [3.8, 4) is 0 Å². The molecule has 0 radical (unpaired) electrons. The van der Waals surface area contributed by atoms with Crippen LogP contribution in [0.3, 0.4) is 0 Å². The third-order valence-corrected chi connectivity index (χ3v) is 0.967. The largest absolute Gasteiger partial charge is 0.302 e. The Labute approximate surface area is 46.2 Å². The molecule has 44 valence electrons. The van der Waals surface area contributed by atoms with E-state index in [1.54, 1.807) is 0 Å². The molecule has 1 heterocycles. The summed E-state index contributed by atoms with van der Waals surface area (Å²) in [5.74, 6) is -0.123. The lowest BCUT2D eigenvalue weighted by Gasteiger charge is -1.92. The summed E-state index contributed by atoms with van der Waals surface area (Å²) >= 11 is 0. The lowest BCUT2D eigenvalue weighted by molar-refractivity contribution is -0.120. The Kier molecular flexibility index (Phi) is 1.26. The van der Waals surface area contributed by atoms with Crippen molar-refractivity contribution in [2.45, 2.75) is 12.5 Å². The highest BCUT2D eigenvalue weighted by Gasteiger charge is 2.18. The molecule has 0 aromatic carbocycles. The average molecular weight is 114 g/mol. The molecule has 2 N–H and O–H groups in total. The van der Waals surface area contributed by atoms with Crippen molar-refractivity contribution in [3.63, 3.8) is 0 Å². The monoisotopic (exact) mass is 114 g/mol. The van der Waals surface area contributed by atoms with Crippen LogP contribution < -0.4 is 10.9 Å². The topological polar surface area (TPSA) is 58.2 Å². The van der Waals surface area contributed by atoms with Gasteiger partial charge in [0.05, 0.1) is 12.5 Å². The third kappa shape index (κ3) is 0.840. The molecule has 1 rings (SSSR count). The third-order valence-electron chi connectivity index (χ3n) is 0.967. The van der Waals surface area contributed by atoms with E-state index in [1.807, 2.05) is 0 Å². The second-order valence-corrected chi connectivity index (χ2v) is 1.64. The highest BCUT2D eigenvalue weighted by molar-refractivity contribution is 5.82. The number of hydrogen-bond donors (Lipinski definition) is 2. The average Bonchev–Trinajstić information content (AvgIpc) is 2.14. The van der Waals surface area contributed by atoms with Gasteiger partial charge in [0.2, 0.25) is 5.91 Å². The molecule has 1 aliphatic heterocycles. The normalized spacial score (nSPS) is 27.5.